The van der Waals surface area contributed by atoms with E-state index in [-0.39, 0.29) is 23.8 Å². The average Bonchev–Trinajstić information content (AvgIpc) is 3.44. The van der Waals surface area contributed by atoms with E-state index in [1.54, 1.807) is 36.3 Å². The number of carbonyl (C=O) groups excluding carboxylic acids is 2. The summed E-state index contributed by atoms with van der Waals surface area (Å²) in [7, 11) is 3.73. The average molecular weight is 660 g/mol. The lowest BCUT2D eigenvalue weighted by atomic mass is 9.96. The molecule has 9 nitrogen and oxygen atoms in total. The zero-order valence-electron chi connectivity index (χ0n) is 27.6. The van der Waals surface area contributed by atoms with Crippen molar-refractivity contribution in [2.45, 2.75) is 31.8 Å². The first kappa shape index (κ1) is 32.2. The fourth-order valence-corrected chi connectivity index (χ4v) is 6.73. The lowest BCUT2D eigenvalue weighted by Gasteiger charge is -2.28. The van der Waals surface area contributed by atoms with Crippen LogP contribution >= 0.6 is 0 Å². The molecule has 0 spiro atoms. The van der Waals surface area contributed by atoms with Crippen molar-refractivity contribution >= 4 is 34.1 Å². The van der Waals surface area contributed by atoms with Crippen LogP contribution in [0, 0.1) is 11.7 Å². The number of fused-ring (bicyclic) bond motifs is 2. The minimum Gasteiger partial charge on any atom is -0.493 e. The van der Waals surface area contributed by atoms with Crippen LogP contribution in [0.3, 0.4) is 0 Å². The highest BCUT2D eigenvalue weighted by atomic mass is 19.1. The van der Waals surface area contributed by atoms with Gasteiger partial charge in [0.2, 0.25) is 0 Å². The summed E-state index contributed by atoms with van der Waals surface area (Å²) in [6.45, 7) is 3.00. The van der Waals surface area contributed by atoms with E-state index in [9.17, 15) is 9.59 Å². The second kappa shape index (κ2) is 14.0. The summed E-state index contributed by atoms with van der Waals surface area (Å²) in [6.07, 6.45) is 3.50. The monoisotopic (exact) mass is 659 g/mol. The first-order valence-electron chi connectivity index (χ1n) is 16.5. The molecule has 1 amide bonds. The largest absolute Gasteiger partial charge is 0.493 e. The van der Waals surface area contributed by atoms with Gasteiger partial charge in [-0.15, -0.1) is 0 Å². The predicted molar refractivity (Wildman–Crippen MR) is 186 cm³/mol. The van der Waals surface area contributed by atoms with Crippen molar-refractivity contribution in [3.05, 3.63) is 119 Å². The molecule has 49 heavy (non-hydrogen) atoms. The second-order valence-corrected chi connectivity index (χ2v) is 12.8. The number of aromatic nitrogens is 2. The number of amides is 1. The van der Waals surface area contributed by atoms with Crippen LogP contribution in [0.4, 0.5) is 15.9 Å². The van der Waals surface area contributed by atoms with E-state index < -0.39 is 11.9 Å². The molecule has 1 N–H and O–H groups in total. The molecule has 7 rings (SSSR count). The third-order valence-corrected chi connectivity index (χ3v) is 9.48. The van der Waals surface area contributed by atoms with Crippen molar-refractivity contribution in [1.29, 1.82) is 0 Å². The van der Waals surface area contributed by atoms with Crippen LogP contribution in [-0.4, -0.2) is 65.3 Å². The standard InChI is InChI=1S/C39H38FN5O4/c1-44-16-14-25(15-17-44)23-49-36-20-30-33(21-35(36)48-2)41-24-42-38(30)43-32-13-12-26(18-31(32)40)19-34(46)37(27-8-4-3-5-9-27)45-22-28-10-6-7-11-29(28)39(45)47/h3-13,18,20-21,24-25,37H,14-17,19,22-23H2,1-2H3,(H,41,42,43). The van der Waals surface area contributed by atoms with E-state index in [0.29, 0.717) is 58.4 Å². The molecule has 4 aromatic carbocycles. The molecule has 10 heteroatoms. The van der Waals surface area contributed by atoms with Gasteiger partial charge >= 0.3 is 0 Å². The van der Waals surface area contributed by atoms with Gasteiger partial charge < -0.3 is 24.6 Å². The molecule has 2 aliphatic heterocycles. The number of anilines is 2. The van der Waals surface area contributed by atoms with Crippen LogP contribution in [0.15, 0.2) is 91.3 Å². The van der Waals surface area contributed by atoms with Gasteiger partial charge in [0.25, 0.3) is 5.91 Å². The number of hydrogen-bond donors (Lipinski definition) is 1. The van der Waals surface area contributed by atoms with Gasteiger partial charge in [-0.1, -0.05) is 54.6 Å². The van der Waals surface area contributed by atoms with Gasteiger partial charge in [-0.3, -0.25) is 9.59 Å². The minimum absolute atomic E-state index is 0.0505. The van der Waals surface area contributed by atoms with Gasteiger partial charge in [0.05, 0.1) is 24.9 Å². The van der Waals surface area contributed by atoms with Gasteiger partial charge in [0.15, 0.2) is 17.3 Å². The van der Waals surface area contributed by atoms with E-state index in [2.05, 4.69) is 27.2 Å². The first-order chi connectivity index (χ1) is 23.9. The highest BCUT2D eigenvalue weighted by molar-refractivity contribution is 6.02. The molecule has 0 radical (unpaired) electrons. The summed E-state index contributed by atoms with van der Waals surface area (Å²) in [5, 5.41) is 3.77. The van der Waals surface area contributed by atoms with Crippen LogP contribution in [0.1, 0.15) is 45.9 Å². The SMILES string of the molecule is COc1cc2ncnc(Nc3ccc(CC(=O)C(c4ccccc4)N4Cc5ccccc5C4=O)cc3F)c2cc1OCC1CCN(C)CC1. The Morgan fingerprint density at radius 1 is 0.980 bits per heavy atom. The minimum atomic E-state index is -0.804. The Bertz CT molecular complexity index is 2000. The van der Waals surface area contributed by atoms with E-state index in [1.165, 1.54) is 12.4 Å². The molecule has 0 aliphatic carbocycles. The number of carbonyl (C=O) groups is 2. The molecule has 5 aromatic rings. The van der Waals surface area contributed by atoms with Crippen molar-refractivity contribution in [2.75, 3.05) is 39.2 Å². The Hall–Kier alpha value is -5.35. The maximum Gasteiger partial charge on any atom is 0.255 e. The van der Waals surface area contributed by atoms with Gasteiger partial charge in [-0.05, 0) is 79.9 Å². The third kappa shape index (κ3) is 6.82. The zero-order chi connectivity index (χ0) is 33.9. The van der Waals surface area contributed by atoms with E-state index in [4.69, 9.17) is 9.47 Å². The number of rotatable bonds is 11. The molecule has 2 aliphatic rings. The summed E-state index contributed by atoms with van der Waals surface area (Å²) < 4.78 is 27.5. The molecule has 250 valence electrons. The lowest BCUT2D eigenvalue weighted by Crippen LogP contribution is -2.35. The van der Waals surface area contributed by atoms with Gasteiger partial charge in [0, 0.05) is 30.0 Å². The van der Waals surface area contributed by atoms with Crippen molar-refractivity contribution in [1.82, 2.24) is 19.8 Å². The fraction of sp³-hybridized carbons (Fsp3) is 0.282. The Kier molecular flexibility index (Phi) is 9.21. The normalized spacial score (nSPS) is 15.7. The van der Waals surface area contributed by atoms with E-state index in [1.807, 2.05) is 54.6 Å². The third-order valence-electron chi connectivity index (χ3n) is 9.48. The maximum atomic E-state index is 15.7. The molecule has 0 saturated carbocycles. The number of ketones is 1. The first-order valence-corrected chi connectivity index (χ1v) is 16.5. The van der Waals surface area contributed by atoms with Crippen LogP contribution in [0.5, 0.6) is 11.5 Å². The molecular formula is C39H38FN5O4. The van der Waals surface area contributed by atoms with Crippen molar-refractivity contribution in [3.8, 4) is 11.5 Å². The van der Waals surface area contributed by atoms with E-state index in [0.717, 1.165) is 37.1 Å². The van der Waals surface area contributed by atoms with E-state index >= 15 is 4.39 Å². The summed E-state index contributed by atoms with van der Waals surface area (Å²) in [5.41, 5.74) is 3.52. The highest BCUT2D eigenvalue weighted by Crippen LogP contribution is 2.37. The molecule has 1 fully saturated rings. The highest BCUT2D eigenvalue weighted by Gasteiger charge is 2.37. The van der Waals surface area contributed by atoms with Crippen molar-refractivity contribution in [2.24, 2.45) is 5.92 Å². The molecule has 3 heterocycles. The van der Waals surface area contributed by atoms with Crippen LogP contribution in [-0.2, 0) is 17.8 Å². The van der Waals surface area contributed by atoms with Crippen LogP contribution < -0.4 is 14.8 Å². The summed E-state index contributed by atoms with van der Waals surface area (Å²) in [6, 6.07) is 24.1. The number of hydrogen-bond acceptors (Lipinski definition) is 8. The maximum absolute atomic E-state index is 15.7. The van der Waals surface area contributed by atoms with Gasteiger partial charge in [0.1, 0.15) is 24.0 Å². The van der Waals surface area contributed by atoms with Gasteiger partial charge in [-0.2, -0.15) is 0 Å². The Balaban J connectivity index is 1.10. The molecule has 1 atom stereocenters. The second-order valence-electron chi connectivity index (χ2n) is 12.8. The molecule has 0 bridgehead atoms. The predicted octanol–water partition coefficient (Wildman–Crippen LogP) is 6.75. The lowest BCUT2D eigenvalue weighted by molar-refractivity contribution is -0.123. The molecular weight excluding hydrogens is 621 g/mol. The number of methoxy groups -OCH3 is 1. The van der Waals surface area contributed by atoms with Crippen molar-refractivity contribution in [3.63, 3.8) is 0 Å². The summed E-state index contributed by atoms with van der Waals surface area (Å²) >= 11 is 0. The number of benzene rings is 4. The number of Topliss-reactive ketones (excluding diaryl/α,β-unsaturated/α-hetero) is 1. The Morgan fingerprint density at radius 2 is 1.76 bits per heavy atom. The number of likely N-dealkylation sites (tertiary alicyclic amines) is 1. The number of piperidine rings is 1. The fourth-order valence-electron chi connectivity index (χ4n) is 6.73. The van der Waals surface area contributed by atoms with Crippen molar-refractivity contribution < 1.29 is 23.5 Å². The summed E-state index contributed by atoms with van der Waals surface area (Å²) in [4.78, 5) is 40.0. The molecule has 1 aromatic heterocycles. The smallest absolute Gasteiger partial charge is 0.255 e. The Labute approximate surface area is 284 Å². The van der Waals surface area contributed by atoms with Gasteiger partial charge in [-0.25, -0.2) is 14.4 Å². The topological polar surface area (TPSA) is 96.9 Å². The number of halogens is 1. The molecule has 1 unspecified atom stereocenters. The number of nitrogens with zero attached hydrogens (tertiary/aromatic N) is 4. The Morgan fingerprint density at radius 3 is 2.51 bits per heavy atom. The van der Waals surface area contributed by atoms with Crippen LogP contribution in [0.25, 0.3) is 10.9 Å². The number of ether oxygens (including phenoxy) is 2. The zero-order valence-corrected chi connectivity index (χ0v) is 27.6. The quantitative estimate of drug-likeness (QED) is 0.166. The van der Waals surface area contributed by atoms with Crippen LogP contribution in [0.2, 0.25) is 0 Å². The summed E-state index contributed by atoms with van der Waals surface area (Å²) in [5.74, 6) is 1.09. The molecule has 1 saturated heterocycles. The number of nitrogens with one attached hydrogen (secondary N) is 1.